The van der Waals surface area contributed by atoms with Gasteiger partial charge in [-0.1, -0.05) is 41.9 Å². The maximum atomic E-state index is 9.16. The van der Waals surface area contributed by atoms with E-state index in [1.807, 2.05) is 37.3 Å². The number of aromatic nitrogens is 1. The first kappa shape index (κ1) is 18.6. The van der Waals surface area contributed by atoms with Crippen LogP contribution in [0.1, 0.15) is 22.4 Å². The second kappa shape index (κ2) is 7.98. The van der Waals surface area contributed by atoms with Crippen molar-refractivity contribution in [2.45, 2.75) is 13.3 Å². The summed E-state index contributed by atoms with van der Waals surface area (Å²) < 4.78 is 11.4. The zero-order valence-electron chi connectivity index (χ0n) is 15.0. The van der Waals surface area contributed by atoms with Gasteiger partial charge in [0, 0.05) is 22.7 Å². The molecule has 3 rings (SSSR count). The van der Waals surface area contributed by atoms with E-state index in [0.717, 1.165) is 16.8 Å². The summed E-state index contributed by atoms with van der Waals surface area (Å²) in [7, 11) is 1.51. The Morgan fingerprint density at radius 3 is 2.59 bits per heavy atom. The monoisotopic (exact) mass is 379 g/mol. The fraction of sp³-hybridized carbons (Fsp3) is 0.143. The van der Waals surface area contributed by atoms with Crippen molar-refractivity contribution in [3.05, 3.63) is 75.9 Å². The van der Waals surface area contributed by atoms with Crippen molar-refractivity contribution >= 4 is 17.3 Å². The minimum Gasteiger partial charge on any atom is -0.479 e. The Morgan fingerprint density at radius 2 is 1.93 bits per heavy atom. The molecule has 0 fully saturated rings. The molecule has 0 saturated carbocycles. The Labute approximate surface area is 162 Å². The number of anilines is 1. The van der Waals surface area contributed by atoms with Crippen LogP contribution in [0.5, 0.6) is 17.4 Å². The predicted molar refractivity (Wildman–Crippen MR) is 105 cm³/mol. The number of pyridine rings is 1. The maximum absolute atomic E-state index is 9.16. The molecule has 0 unspecified atom stereocenters. The van der Waals surface area contributed by atoms with Gasteiger partial charge in [0.05, 0.1) is 18.7 Å². The Bertz CT molecular complexity index is 1010. The van der Waals surface area contributed by atoms with Gasteiger partial charge in [0.2, 0.25) is 5.88 Å². The molecule has 0 bridgehead atoms. The van der Waals surface area contributed by atoms with E-state index in [2.05, 4.69) is 11.1 Å². The van der Waals surface area contributed by atoms with E-state index in [9.17, 15) is 0 Å². The fourth-order valence-electron chi connectivity index (χ4n) is 2.79. The molecule has 3 aromatic rings. The molecule has 0 saturated heterocycles. The number of hydrogen-bond acceptors (Lipinski definition) is 5. The van der Waals surface area contributed by atoms with E-state index in [-0.39, 0.29) is 0 Å². The molecule has 6 heteroatoms. The molecule has 5 nitrogen and oxygen atoms in total. The van der Waals surface area contributed by atoms with Crippen LogP contribution in [0.15, 0.2) is 48.5 Å². The molecule has 1 aromatic heterocycles. The normalized spacial score (nSPS) is 10.3. The summed E-state index contributed by atoms with van der Waals surface area (Å²) in [6.07, 6.45) is 0.592. The van der Waals surface area contributed by atoms with Gasteiger partial charge in [-0.2, -0.15) is 5.26 Å². The molecule has 0 atom stereocenters. The quantitative estimate of drug-likeness (QED) is 0.682. The van der Waals surface area contributed by atoms with Gasteiger partial charge < -0.3 is 15.2 Å². The highest BCUT2D eigenvalue weighted by Gasteiger charge is 2.19. The van der Waals surface area contributed by atoms with Gasteiger partial charge in [-0.25, -0.2) is 4.98 Å². The van der Waals surface area contributed by atoms with Crippen LogP contribution in [0.3, 0.4) is 0 Å². The molecule has 2 aromatic carbocycles. The number of nitrogen functional groups attached to an aromatic ring is 1. The third-order valence-electron chi connectivity index (χ3n) is 4.09. The van der Waals surface area contributed by atoms with Gasteiger partial charge >= 0.3 is 0 Å². The van der Waals surface area contributed by atoms with E-state index in [1.165, 1.54) is 7.11 Å². The number of halogens is 1. The molecule has 2 N–H and O–H groups in total. The first-order valence-corrected chi connectivity index (χ1v) is 8.65. The van der Waals surface area contributed by atoms with Crippen molar-refractivity contribution in [1.29, 1.82) is 5.26 Å². The molecule has 1 heterocycles. The Hall–Kier alpha value is -3.23. The number of benzene rings is 2. The number of nitriles is 1. The van der Waals surface area contributed by atoms with Gasteiger partial charge in [-0.15, -0.1) is 0 Å². The number of ether oxygens (including phenoxy) is 2. The summed E-state index contributed by atoms with van der Waals surface area (Å²) >= 11 is 6.09. The third kappa shape index (κ3) is 4.13. The molecule has 0 aliphatic rings. The van der Waals surface area contributed by atoms with E-state index < -0.39 is 0 Å². The smallest absolute Gasteiger partial charge is 0.241 e. The van der Waals surface area contributed by atoms with Crippen molar-refractivity contribution < 1.29 is 9.47 Å². The van der Waals surface area contributed by atoms with Crippen molar-refractivity contribution in [1.82, 2.24) is 4.98 Å². The summed E-state index contributed by atoms with van der Waals surface area (Å²) in [5.41, 5.74) is 9.66. The van der Waals surface area contributed by atoms with Crippen molar-refractivity contribution in [2.75, 3.05) is 12.8 Å². The highest BCUT2D eigenvalue weighted by atomic mass is 35.5. The van der Waals surface area contributed by atoms with Crippen LogP contribution < -0.4 is 15.2 Å². The summed E-state index contributed by atoms with van der Waals surface area (Å²) in [6.45, 7) is 1.88. The van der Waals surface area contributed by atoms with Crippen molar-refractivity contribution in [3.63, 3.8) is 0 Å². The third-order valence-corrected chi connectivity index (χ3v) is 4.31. The topological polar surface area (TPSA) is 81.2 Å². The second-order valence-electron chi connectivity index (χ2n) is 5.98. The number of methoxy groups -OCH3 is 1. The lowest BCUT2D eigenvalue weighted by Gasteiger charge is -2.18. The van der Waals surface area contributed by atoms with E-state index in [1.54, 1.807) is 18.2 Å². The second-order valence-corrected chi connectivity index (χ2v) is 6.42. The lowest BCUT2D eigenvalue weighted by atomic mass is 10.0. The Balaban J connectivity index is 2.10. The molecule has 0 spiro atoms. The SMILES string of the molecule is COc1nc(C)c(Cc2ccccc2)c(Oc2cc(Cl)cc(C#N)c2)c1N. The van der Waals surface area contributed by atoms with Gasteiger partial charge in [0.15, 0.2) is 5.75 Å². The standard InChI is InChI=1S/C21H18ClN3O2/c1-13-18(10-14-6-4-3-5-7-14)20(19(24)21(25-13)26-2)27-17-9-15(12-23)8-16(22)11-17/h3-9,11H,10,24H2,1-2H3. The largest absolute Gasteiger partial charge is 0.479 e. The average Bonchev–Trinajstić information content (AvgIpc) is 2.67. The lowest BCUT2D eigenvalue weighted by Crippen LogP contribution is -2.06. The molecular weight excluding hydrogens is 362 g/mol. The van der Waals surface area contributed by atoms with Crippen molar-refractivity contribution in [3.8, 4) is 23.4 Å². The molecule has 0 aliphatic carbocycles. The summed E-state index contributed by atoms with van der Waals surface area (Å²) in [5, 5.41) is 9.57. The Morgan fingerprint density at radius 1 is 1.19 bits per heavy atom. The van der Waals surface area contributed by atoms with Gasteiger partial charge in [-0.05, 0) is 30.7 Å². The fourth-order valence-corrected chi connectivity index (χ4v) is 3.01. The van der Waals surface area contributed by atoms with Crippen LogP contribution in [-0.2, 0) is 6.42 Å². The zero-order valence-corrected chi connectivity index (χ0v) is 15.7. The minimum atomic E-state index is 0.293. The minimum absolute atomic E-state index is 0.293. The number of hydrogen-bond donors (Lipinski definition) is 1. The highest BCUT2D eigenvalue weighted by molar-refractivity contribution is 6.30. The molecular formula is C21H18ClN3O2. The molecule has 136 valence electrons. The van der Waals surface area contributed by atoms with Crippen LogP contribution in [0, 0.1) is 18.3 Å². The van der Waals surface area contributed by atoms with Crippen LogP contribution in [-0.4, -0.2) is 12.1 Å². The lowest BCUT2D eigenvalue weighted by molar-refractivity contribution is 0.393. The molecule has 0 aliphatic heterocycles. The van der Waals surface area contributed by atoms with Gasteiger partial charge in [-0.3, -0.25) is 0 Å². The van der Waals surface area contributed by atoms with Crippen LogP contribution in [0.4, 0.5) is 5.69 Å². The van der Waals surface area contributed by atoms with E-state index in [0.29, 0.717) is 40.1 Å². The number of nitrogens with zero attached hydrogens (tertiary/aromatic N) is 2. The number of aryl methyl sites for hydroxylation is 1. The molecule has 27 heavy (non-hydrogen) atoms. The van der Waals surface area contributed by atoms with Crippen molar-refractivity contribution in [2.24, 2.45) is 0 Å². The van der Waals surface area contributed by atoms with E-state index >= 15 is 0 Å². The van der Waals surface area contributed by atoms with Crippen LogP contribution >= 0.6 is 11.6 Å². The zero-order chi connectivity index (χ0) is 19.4. The molecule has 0 radical (unpaired) electrons. The maximum Gasteiger partial charge on any atom is 0.241 e. The number of rotatable bonds is 5. The Kier molecular flexibility index (Phi) is 5.49. The first-order valence-electron chi connectivity index (χ1n) is 8.27. The first-order chi connectivity index (χ1) is 13.0. The number of nitrogens with two attached hydrogens (primary N) is 1. The van der Waals surface area contributed by atoms with Crippen LogP contribution in [0.25, 0.3) is 0 Å². The van der Waals surface area contributed by atoms with Crippen LogP contribution in [0.2, 0.25) is 5.02 Å². The molecule has 0 amide bonds. The van der Waals surface area contributed by atoms with Gasteiger partial charge in [0.1, 0.15) is 11.4 Å². The van der Waals surface area contributed by atoms with E-state index in [4.69, 9.17) is 32.1 Å². The predicted octanol–water partition coefficient (Wildman–Crippen LogP) is 4.89. The highest BCUT2D eigenvalue weighted by Crippen LogP contribution is 2.39. The average molecular weight is 380 g/mol. The van der Waals surface area contributed by atoms with Gasteiger partial charge in [0.25, 0.3) is 0 Å². The summed E-state index contributed by atoms with van der Waals surface area (Å²) in [5.74, 6) is 1.17. The summed E-state index contributed by atoms with van der Waals surface area (Å²) in [4.78, 5) is 4.44. The summed E-state index contributed by atoms with van der Waals surface area (Å²) in [6, 6.07) is 16.8.